The highest BCUT2D eigenvalue weighted by Crippen LogP contribution is 2.14. The monoisotopic (exact) mass is 536 g/mol. The Hall–Kier alpha value is -1.58. The molecule has 0 atom stereocenters. The van der Waals surface area contributed by atoms with E-state index in [1.807, 2.05) is 0 Å². The van der Waals surface area contributed by atoms with Crippen LogP contribution in [-0.4, -0.2) is 25.2 Å². The quantitative estimate of drug-likeness (QED) is 0.0595. The minimum absolute atomic E-state index is 0.301. The maximum absolute atomic E-state index is 10.8. The Balaban J connectivity index is 0. The lowest BCUT2D eigenvalue weighted by molar-refractivity contribution is -0.138. The Morgan fingerprint density at radius 3 is 1.11 bits per heavy atom. The molecule has 0 saturated carbocycles. The molecule has 0 fully saturated rings. The molecule has 0 aliphatic carbocycles. The van der Waals surface area contributed by atoms with Gasteiger partial charge in [0.15, 0.2) is 0 Å². The maximum atomic E-state index is 10.8. The minimum Gasteiger partial charge on any atom is -0.463 e. The number of carbonyl (C=O) groups excluding carboxylic acids is 2. The van der Waals surface area contributed by atoms with E-state index in [1.54, 1.807) is 0 Å². The lowest BCUT2D eigenvalue weighted by atomic mass is 10.0. The average Bonchev–Trinajstić information content (AvgIpc) is 2.91. The first-order valence-corrected chi connectivity index (χ1v) is 16.1. The van der Waals surface area contributed by atoms with Crippen molar-refractivity contribution in [3.63, 3.8) is 0 Å². The topological polar surface area (TPSA) is 52.6 Å². The summed E-state index contributed by atoms with van der Waals surface area (Å²) < 4.78 is 9.83. The van der Waals surface area contributed by atoms with Gasteiger partial charge >= 0.3 is 11.9 Å². The van der Waals surface area contributed by atoms with Crippen LogP contribution in [0.5, 0.6) is 0 Å². The number of carbonyl (C=O) groups is 2. The average molecular weight is 537 g/mol. The molecule has 0 unspecified atom stereocenters. The van der Waals surface area contributed by atoms with E-state index in [0.717, 1.165) is 25.2 Å². The lowest BCUT2D eigenvalue weighted by Crippen LogP contribution is -2.01. The van der Waals surface area contributed by atoms with Gasteiger partial charge in [0.2, 0.25) is 0 Å². The molecular formula is C34H64O4. The molecular weight excluding hydrogens is 472 g/mol. The van der Waals surface area contributed by atoms with Crippen LogP contribution in [0.4, 0.5) is 0 Å². The fourth-order valence-corrected chi connectivity index (χ4v) is 4.30. The van der Waals surface area contributed by atoms with Crippen LogP contribution in [0, 0.1) is 5.92 Å². The van der Waals surface area contributed by atoms with Gasteiger partial charge < -0.3 is 9.47 Å². The van der Waals surface area contributed by atoms with Crippen molar-refractivity contribution in [2.24, 2.45) is 5.92 Å². The van der Waals surface area contributed by atoms with Crippen molar-refractivity contribution in [3.05, 3.63) is 25.3 Å². The summed E-state index contributed by atoms with van der Waals surface area (Å²) >= 11 is 0. The van der Waals surface area contributed by atoms with E-state index in [4.69, 9.17) is 9.47 Å². The number of hydrogen-bond acceptors (Lipinski definition) is 4. The Morgan fingerprint density at radius 2 is 0.816 bits per heavy atom. The van der Waals surface area contributed by atoms with Crippen LogP contribution >= 0.6 is 0 Å². The van der Waals surface area contributed by atoms with E-state index in [0.29, 0.717) is 13.2 Å². The molecule has 4 nitrogen and oxygen atoms in total. The van der Waals surface area contributed by atoms with E-state index < -0.39 is 0 Å². The number of rotatable bonds is 27. The third kappa shape index (κ3) is 36.6. The SMILES string of the molecule is C=CC(=O)OCCCCCCCCCC.C=CC(=O)OCCCCCCCCCCCCCCCC(C)C. The van der Waals surface area contributed by atoms with Crippen molar-refractivity contribution in [2.75, 3.05) is 13.2 Å². The second-order valence-corrected chi connectivity index (χ2v) is 11.0. The Bertz CT molecular complexity index is 527. The van der Waals surface area contributed by atoms with Gasteiger partial charge in [-0.1, -0.05) is 162 Å². The van der Waals surface area contributed by atoms with Crippen molar-refractivity contribution in [3.8, 4) is 0 Å². The normalized spacial score (nSPS) is 10.5. The third-order valence-corrected chi connectivity index (χ3v) is 6.75. The summed E-state index contributed by atoms with van der Waals surface area (Å²) in [4.78, 5) is 21.5. The second-order valence-electron chi connectivity index (χ2n) is 11.0. The first-order valence-electron chi connectivity index (χ1n) is 16.1. The summed E-state index contributed by atoms with van der Waals surface area (Å²) in [5, 5.41) is 0. The molecule has 0 bridgehead atoms. The van der Waals surface area contributed by atoms with Gasteiger partial charge in [0.1, 0.15) is 0 Å². The van der Waals surface area contributed by atoms with E-state index in [9.17, 15) is 9.59 Å². The molecule has 4 heteroatoms. The smallest absolute Gasteiger partial charge is 0.330 e. The summed E-state index contributed by atoms with van der Waals surface area (Å²) in [6.45, 7) is 14.7. The molecule has 224 valence electrons. The van der Waals surface area contributed by atoms with Gasteiger partial charge in [0, 0.05) is 12.2 Å². The van der Waals surface area contributed by atoms with Crippen LogP contribution in [0.25, 0.3) is 0 Å². The second kappa shape index (κ2) is 33.4. The number of ether oxygens (including phenoxy) is 2. The van der Waals surface area contributed by atoms with Gasteiger partial charge in [-0.15, -0.1) is 0 Å². The lowest BCUT2D eigenvalue weighted by Gasteiger charge is -2.05. The Kier molecular flexibility index (Phi) is 33.9. The molecule has 0 amide bonds. The zero-order valence-electron chi connectivity index (χ0n) is 25.7. The summed E-state index contributed by atoms with van der Waals surface area (Å²) in [5.41, 5.74) is 0. The first-order chi connectivity index (χ1) is 18.5. The van der Waals surface area contributed by atoms with Crippen LogP contribution in [0.3, 0.4) is 0 Å². The predicted molar refractivity (Wildman–Crippen MR) is 164 cm³/mol. The Morgan fingerprint density at radius 1 is 0.526 bits per heavy atom. The summed E-state index contributed by atoms with van der Waals surface area (Å²) in [7, 11) is 0. The molecule has 0 N–H and O–H groups in total. The first kappa shape index (κ1) is 38.6. The number of esters is 2. The highest BCUT2D eigenvalue weighted by molar-refractivity contribution is 5.81. The van der Waals surface area contributed by atoms with Crippen LogP contribution in [0.1, 0.15) is 162 Å². The standard InChI is InChI=1S/C21H40O2.C13H24O2/c1-4-21(22)23-19-17-15-13-11-9-7-5-6-8-10-12-14-16-18-20(2)3;1-3-5-6-7-8-9-10-11-12-15-13(14)4-2/h4,20H,1,5-19H2,2-3H3;4H,2-3,5-12H2,1H3. The molecule has 0 aliphatic heterocycles. The largest absolute Gasteiger partial charge is 0.463 e. The van der Waals surface area contributed by atoms with Crippen molar-refractivity contribution >= 4 is 11.9 Å². The van der Waals surface area contributed by atoms with Crippen molar-refractivity contribution in [2.45, 2.75) is 162 Å². The zero-order valence-corrected chi connectivity index (χ0v) is 25.7. The molecule has 0 heterocycles. The molecule has 38 heavy (non-hydrogen) atoms. The van der Waals surface area contributed by atoms with Gasteiger partial charge in [-0.3, -0.25) is 0 Å². The zero-order chi connectivity index (χ0) is 28.5. The molecule has 0 aliphatic rings. The Labute approximate surface area is 237 Å². The van der Waals surface area contributed by atoms with Crippen LogP contribution in [-0.2, 0) is 19.1 Å². The fourth-order valence-electron chi connectivity index (χ4n) is 4.30. The predicted octanol–water partition coefficient (Wildman–Crippen LogP) is 10.7. The van der Waals surface area contributed by atoms with Crippen molar-refractivity contribution < 1.29 is 19.1 Å². The van der Waals surface area contributed by atoms with Gasteiger partial charge in [0.05, 0.1) is 13.2 Å². The molecule has 0 radical (unpaired) electrons. The third-order valence-electron chi connectivity index (χ3n) is 6.75. The maximum Gasteiger partial charge on any atom is 0.330 e. The van der Waals surface area contributed by atoms with Gasteiger partial charge in [-0.25, -0.2) is 9.59 Å². The van der Waals surface area contributed by atoms with Gasteiger partial charge in [0.25, 0.3) is 0 Å². The fraction of sp³-hybridized carbons (Fsp3) is 0.824. The van der Waals surface area contributed by atoms with E-state index in [1.165, 1.54) is 134 Å². The molecule has 0 rings (SSSR count). The molecule has 0 aromatic carbocycles. The van der Waals surface area contributed by atoms with Crippen LogP contribution in [0.15, 0.2) is 25.3 Å². The van der Waals surface area contributed by atoms with Crippen molar-refractivity contribution in [1.29, 1.82) is 0 Å². The minimum atomic E-state index is -0.307. The summed E-state index contributed by atoms with van der Waals surface area (Å²) in [5.74, 6) is 0.264. The summed E-state index contributed by atoms with van der Waals surface area (Å²) in [6, 6.07) is 0. The van der Waals surface area contributed by atoms with Gasteiger partial charge in [-0.2, -0.15) is 0 Å². The molecule has 0 aromatic heterocycles. The van der Waals surface area contributed by atoms with Crippen LogP contribution < -0.4 is 0 Å². The van der Waals surface area contributed by atoms with Crippen molar-refractivity contribution in [1.82, 2.24) is 0 Å². The van der Waals surface area contributed by atoms with E-state index >= 15 is 0 Å². The number of unbranched alkanes of at least 4 members (excludes halogenated alkanes) is 19. The molecule has 0 spiro atoms. The van der Waals surface area contributed by atoms with E-state index in [2.05, 4.69) is 33.9 Å². The number of hydrogen-bond donors (Lipinski definition) is 0. The van der Waals surface area contributed by atoms with Gasteiger partial charge in [-0.05, 0) is 18.8 Å². The van der Waals surface area contributed by atoms with Crippen LogP contribution in [0.2, 0.25) is 0 Å². The highest BCUT2D eigenvalue weighted by atomic mass is 16.5. The summed E-state index contributed by atoms with van der Waals surface area (Å²) in [6.07, 6.45) is 31.4. The molecule has 0 saturated heterocycles. The molecule has 0 aromatic rings. The highest BCUT2D eigenvalue weighted by Gasteiger charge is 1.98. The van der Waals surface area contributed by atoms with E-state index in [-0.39, 0.29) is 11.9 Å².